The maximum absolute atomic E-state index is 3.63. The molecule has 1 saturated carbocycles. The van der Waals surface area contributed by atoms with Crippen molar-refractivity contribution in [1.29, 1.82) is 0 Å². The Balaban J connectivity index is 2.06. The highest BCUT2D eigenvalue weighted by Gasteiger charge is 2.23. The Morgan fingerprint density at radius 3 is 2.75 bits per heavy atom. The van der Waals surface area contributed by atoms with Crippen LogP contribution in [0.5, 0.6) is 0 Å². The highest BCUT2D eigenvalue weighted by Crippen LogP contribution is 2.31. The summed E-state index contributed by atoms with van der Waals surface area (Å²) in [5.41, 5.74) is 2.62. The molecule has 3 heteroatoms. The Labute approximate surface area is 106 Å². The molecule has 1 fully saturated rings. The number of nitrogens with zero attached hydrogens (tertiary/aromatic N) is 1. The van der Waals surface area contributed by atoms with Gasteiger partial charge in [-0.05, 0) is 43.5 Å². The van der Waals surface area contributed by atoms with E-state index in [2.05, 4.69) is 51.4 Å². The molecule has 0 saturated heterocycles. The molecule has 2 nitrogen and oxygen atoms in total. The maximum atomic E-state index is 3.63. The third-order valence-electron chi connectivity index (χ3n) is 3.07. The summed E-state index contributed by atoms with van der Waals surface area (Å²) in [7, 11) is 4.15. The molecule has 0 aromatic heterocycles. The minimum Gasteiger partial charge on any atom is -0.374 e. The lowest BCUT2D eigenvalue weighted by molar-refractivity contribution is 0.784. The summed E-state index contributed by atoms with van der Waals surface area (Å²) in [6, 6.07) is 6.62. The third kappa shape index (κ3) is 2.98. The van der Waals surface area contributed by atoms with Crippen LogP contribution < -0.4 is 10.2 Å². The van der Waals surface area contributed by atoms with Crippen LogP contribution in [0.4, 0.5) is 5.69 Å². The van der Waals surface area contributed by atoms with Crippen molar-refractivity contribution in [3.63, 3.8) is 0 Å². The Kier molecular flexibility index (Phi) is 3.87. The summed E-state index contributed by atoms with van der Waals surface area (Å²) in [5, 5.41) is 3.17. The predicted molar refractivity (Wildman–Crippen MR) is 72.9 cm³/mol. The van der Waals surface area contributed by atoms with Crippen LogP contribution >= 0.6 is 15.9 Å². The van der Waals surface area contributed by atoms with Gasteiger partial charge in [-0.1, -0.05) is 22.0 Å². The van der Waals surface area contributed by atoms with E-state index in [4.69, 9.17) is 0 Å². The van der Waals surface area contributed by atoms with E-state index in [0.717, 1.165) is 12.5 Å². The first-order chi connectivity index (χ1) is 7.70. The minimum atomic E-state index is 0.910. The van der Waals surface area contributed by atoms with Crippen molar-refractivity contribution >= 4 is 21.6 Å². The molecule has 0 atom stereocenters. The van der Waals surface area contributed by atoms with Crippen LogP contribution in [0.15, 0.2) is 22.7 Å². The van der Waals surface area contributed by atoms with Gasteiger partial charge in [0.2, 0.25) is 0 Å². The number of anilines is 1. The van der Waals surface area contributed by atoms with Crippen molar-refractivity contribution in [2.24, 2.45) is 5.92 Å². The first-order valence-corrected chi connectivity index (χ1v) is 6.64. The Hall–Kier alpha value is -0.540. The molecule has 0 unspecified atom stereocenters. The molecule has 2 rings (SSSR count). The van der Waals surface area contributed by atoms with E-state index in [0.29, 0.717) is 0 Å². The van der Waals surface area contributed by atoms with Crippen LogP contribution in [0.1, 0.15) is 18.4 Å². The van der Waals surface area contributed by atoms with E-state index in [1.165, 1.54) is 35.1 Å². The Bertz CT molecular complexity index is 361. The number of benzene rings is 1. The van der Waals surface area contributed by atoms with Gasteiger partial charge in [0.15, 0.2) is 0 Å². The molecule has 0 amide bonds. The molecule has 16 heavy (non-hydrogen) atoms. The molecule has 0 heterocycles. The summed E-state index contributed by atoms with van der Waals surface area (Å²) < 4.78 is 1.20. The van der Waals surface area contributed by atoms with E-state index in [1.54, 1.807) is 0 Å². The maximum Gasteiger partial charge on any atom is 0.0375 e. The molecule has 1 N–H and O–H groups in total. The quantitative estimate of drug-likeness (QED) is 0.893. The second-order valence-electron chi connectivity index (χ2n) is 4.63. The molecule has 1 aliphatic rings. The van der Waals surface area contributed by atoms with Crippen LogP contribution in [-0.4, -0.2) is 20.6 Å². The zero-order chi connectivity index (χ0) is 11.5. The monoisotopic (exact) mass is 282 g/mol. The first-order valence-electron chi connectivity index (χ1n) is 5.85. The molecular formula is C13H19BrN2. The van der Waals surface area contributed by atoms with Gasteiger partial charge in [-0.15, -0.1) is 0 Å². The van der Waals surface area contributed by atoms with Gasteiger partial charge in [0.05, 0.1) is 0 Å². The van der Waals surface area contributed by atoms with Gasteiger partial charge in [0, 0.05) is 30.3 Å². The molecule has 1 aromatic rings. The molecular weight excluding hydrogens is 264 g/mol. The Morgan fingerprint density at radius 2 is 2.19 bits per heavy atom. The fourth-order valence-corrected chi connectivity index (χ4v) is 2.41. The zero-order valence-electron chi connectivity index (χ0n) is 9.96. The second-order valence-corrected chi connectivity index (χ2v) is 5.48. The SMILES string of the molecule is CNCc1ccc(N(C)CC2CC2)cc1Br. The van der Waals surface area contributed by atoms with Crippen LogP contribution in [0.25, 0.3) is 0 Å². The topological polar surface area (TPSA) is 15.3 Å². The first kappa shape index (κ1) is 11.9. The Morgan fingerprint density at radius 1 is 1.44 bits per heavy atom. The third-order valence-corrected chi connectivity index (χ3v) is 3.81. The fourth-order valence-electron chi connectivity index (χ4n) is 1.90. The van der Waals surface area contributed by atoms with Crippen molar-refractivity contribution in [3.8, 4) is 0 Å². The van der Waals surface area contributed by atoms with Gasteiger partial charge in [-0.3, -0.25) is 0 Å². The predicted octanol–water partition coefficient (Wildman–Crippen LogP) is 3.01. The van der Waals surface area contributed by atoms with Crippen molar-refractivity contribution < 1.29 is 0 Å². The standard InChI is InChI=1S/C13H19BrN2/c1-15-8-11-5-6-12(7-13(11)14)16(2)9-10-3-4-10/h5-7,10,15H,3-4,8-9H2,1-2H3. The average Bonchev–Trinajstić information content (AvgIpc) is 3.05. The molecule has 1 aromatic carbocycles. The van der Waals surface area contributed by atoms with Gasteiger partial charge in [-0.25, -0.2) is 0 Å². The van der Waals surface area contributed by atoms with E-state index in [-0.39, 0.29) is 0 Å². The van der Waals surface area contributed by atoms with E-state index < -0.39 is 0 Å². The van der Waals surface area contributed by atoms with Crippen molar-refractivity contribution in [1.82, 2.24) is 5.32 Å². The lowest BCUT2D eigenvalue weighted by Crippen LogP contribution is -2.20. The van der Waals surface area contributed by atoms with Crippen molar-refractivity contribution in [2.75, 3.05) is 25.5 Å². The van der Waals surface area contributed by atoms with Crippen LogP contribution in [0.3, 0.4) is 0 Å². The molecule has 88 valence electrons. The molecule has 0 spiro atoms. The molecule has 0 bridgehead atoms. The summed E-state index contributed by atoms with van der Waals surface area (Å²) in [4.78, 5) is 2.35. The van der Waals surface area contributed by atoms with E-state index in [9.17, 15) is 0 Å². The largest absolute Gasteiger partial charge is 0.374 e. The van der Waals surface area contributed by atoms with Gasteiger partial charge in [0.1, 0.15) is 0 Å². The summed E-state index contributed by atoms with van der Waals surface area (Å²) in [5.74, 6) is 0.931. The van der Waals surface area contributed by atoms with E-state index >= 15 is 0 Å². The molecule has 0 radical (unpaired) electrons. The lowest BCUT2D eigenvalue weighted by atomic mass is 10.2. The van der Waals surface area contributed by atoms with E-state index in [1.807, 2.05) is 7.05 Å². The number of hydrogen-bond donors (Lipinski definition) is 1. The normalized spacial score (nSPS) is 15.2. The fraction of sp³-hybridized carbons (Fsp3) is 0.538. The molecule has 1 aliphatic carbocycles. The van der Waals surface area contributed by atoms with Crippen molar-refractivity contribution in [2.45, 2.75) is 19.4 Å². The highest BCUT2D eigenvalue weighted by molar-refractivity contribution is 9.10. The number of halogens is 1. The van der Waals surface area contributed by atoms with Gasteiger partial charge < -0.3 is 10.2 Å². The number of nitrogens with one attached hydrogen (secondary N) is 1. The second kappa shape index (κ2) is 5.19. The molecule has 0 aliphatic heterocycles. The average molecular weight is 283 g/mol. The number of rotatable bonds is 5. The van der Waals surface area contributed by atoms with Gasteiger partial charge >= 0.3 is 0 Å². The van der Waals surface area contributed by atoms with Crippen LogP contribution in [0, 0.1) is 5.92 Å². The van der Waals surface area contributed by atoms with Crippen molar-refractivity contribution in [3.05, 3.63) is 28.2 Å². The lowest BCUT2D eigenvalue weighted by Gasteiger charge is -2.20. The summed E-state index contributed by atoms with van der Waals surface area (Å²) >= 11 is 3.63. The van der Waals surface area contributed by atoms with Crippen LogP contribution in [0.2, 0.25) is 0 Å². The highest BCUT2D eigenvalue weighted by atomic mass is 79.9. The summed E-state index contributed by atoms with van der Waals surface area (Å²) in [6.45, 7) is 2.10. The van der Waals surface area contributed by atoms with Gasteiger partial charge in [-0.2, -0.15) is 0 Å². The number of hydrogen-bond acceptors (Lipinski definition) is 2. The smallest absolute Gasteiger partial charge is 0.0375 e. The summed E-state index contributed by atoms with van der Waals surface area (Å²) in [6.07, 6.45) is 2.81. The van der Waals surface area contributed by atoms with Crippen LogP contribution in [-0.2, 0) is 6.54 Å². The van der Waals surface area contributed by atoms with Gasteiger partial charge in [0.25, 0.3) is 0 Å². The zero-order valence-corrected chi connectivity index (χ0v) is 11.5. The minimum absolute atomic E-state index is 0.910.